The fraction of sp³-hybridized carbons (Fsp3) is 1.00. The van der Waals surface area contributed by atoms with Crippen LogP contribution in [0.3, 0.4) is 0 Å². The zero-order chi connectivity index (χ0) is 14.0. The van der Waals surface area contributed by atoms with Crippen LogP contribution in [0.25, 0.3) is 0 Å². The largest absolute Gasteiger partial charge is 0.313 e. The Hall–Kier alpha value is -0.0800. The van der Waals surface area contributed by atoms with E-state index in [0.717, 1.165) is 18.0 Å². The first-order chi connectivity index (χ1) is 9.71. The third-order valence-electron chi connectivity index (χ3n) is 6.04. The fourth-order valence-corrected chi connectivity index (χ4v) is 4.77. The van der Waals surface area contributed by atoms with Crippen molar-refractivity contribution in [2.24, 2.45) is 11.3 Å². The summed E-state index contributed by atoms with van der Waals surface area (Å²) in [7, 11) is 0. The first kappa shape index (κ1) is 14.8. The number of rotatable bonds is 6. The molecule has 1 saturated heterocycles. The number of nitrogens with one attached hydrogen (secondary N) is 1. The number of hydrogen-bond donors (Lipinski definition) is 1. The minimum absolute atomic E-state index is 0.581. The van der Waals surface area contributed by atoms with Crippen molar-refractivity contribution in [1.82, 2.24) is 10.2 Å². The average Bonchev–Trinajstić information content (AvgIpc) is 3.16. The van der Waals surface area contributed by atoms with Crippen molar-refractivity contribution in [2.75, 3.05) is 19.6 Å². The topological polar surface area (TPSA) is 15.3 Å². The van der Waals surface area contributed by atoms with Gasteiger partial charge in [-0.15, -0.1) is 0 Å². The molecule has 2 nitrogen and oxygen atoms in total. The molecule has 20 heavy (non-hydrogen) atoms. The SMILES string of the molecule is CCC1CCCN1CC1(CNC2CC2)CCCC(C)C1. The average molecular weight is 278 g/mol. The lowest BCUT2D eigenvalue weighted by atomic mass is 9.69. The van der Waals surface area contributed by atoms with Gasteiger partial charge < -0.3 is 5.32 Å². The molecule has 2 heteroatoms. The van der Waals surface area contributed by atoms with Crippen LogP contribution < -0.4 is 5.32 Å². The van der Waals surface area contributed by atoms with Gasteiger partial charge in [0, 0.05) is 25.2 Å². The number of nitrogens with zero attached hydrogens (tertiary/aromatic N) is 1. The van der Waals surface area contributed by atoms with Crippen molar-refractivity contribution in [3.63, 3.8) is 0 Å². The summed E-state index contributed by atoms with van der Waals surface area (Å²) in [6.07, 6.45) is 12.9. The molecule has 1 N–H and O–H groups in total. The quantitative estimate of drug-likeness (QED) is 0.795. The van der Waals surface area contributed by atoms with E-state index in [9.17, 15) is 0 Å². The van der Waals surface area contributed by atoms with E-state index in [1.807, 2.05) is 0 Å². The number of hydrogen-bond acceptors (Lipinski definition) is 2. The van der Waals surface area contributed by atoms with Crippen LogP contribution in [0.2, 0.25) is 0 Å². The predicted molar refractivity (Wildman–Crippen MR) is 86.0 cm³/mol. The van der Waals surface area contributed by atoms with Gasteiger partial charge in [0.05, 0.1) is 0 Å². The van der Waals surface area contributed by atoms with E-state index >= 15 is 0 Å². The Labute approximate surface area is 125 Å². The van der Waals surface area contributed by atoms with Crippen LogP contribution in [0, 0.1) is 11.3 Å². The van der Waals surface area contributed by atoms with Crippen molar-refractivity contribution in [3.05, 3.63) is 0 Å². The molecule has 1 aliphatic heterocycles. The van der Waals surface area contributed by atoms with Crippen LogP contribution in [0.15, 0.2) is 0 Å². The third-order valence-corrected chi connectivity index (χ3v) is 6.04. The zero-order valence-electron chi connectivity index (χ0n) is 13.7. The van der Waals surface area contributed by atoms with E-state index in [2.05, 4.69) is 24.1 Å². The molecule has 1 heterocycles. The lowest BCUT2D eigenvalue weighted by molar-refractivity contribution is 0.0726. The van der Waals surface area contributed by atoms with Gasteiger partial charge in [-0.3, -0.25) is 4.90 Å². The van der Waals surface area contributed by atoms with Crippen LogP contribution in [0.4, 0.5) is 0 Å². The third kappa shape index (κ3) is 3.57. The standard InChI is InChI=1S/C18H34N2/c1-3-17-7-5-11-20(17)14-18(13-19-16-8-9-16)10-4-6-15(2)12-18/h15-17,19H,3-14H2,1-2H3. The maximum Gasteiger partial charge on any atom is 0.00933 e. The Bertz CT molecular complexity index is 313. The highest BCUT2D eigenvalue weighted by Crippen LogP contribution is 2.41. The van der Waals surface area contributed by atoms with Gasteiger partial charge in [-0.2, -0.15) is 0 Å². The molecular formula is C18H34N2. The normalized spacial score (nSPS) is 39.3. The smallest absolute Gasteiger partial charge is 0.00933 e. The van der Waals surface area contributed by atoms with Gasteiger partial charge in [-0.25, -0.2) is 0 Å². The highest BCUT2D eigenvalue weighted by Gasteiger charge is 2.39. The molecule has 0 aromatic rings. The molecule has 0 bridgehead atoms. The zero-order valence-corrected chi connectivity index (χ0v) is 13.7. The van der Waals surface area contributed by atoms with E-state index in [4.69, 9.17) is 0 Å². The minimum Gasteiger partial charge on any atom is -0.313 e. The summed E-state index contributed by atoms with van der Waals surface area (Å²) in [5.41, 5.74) is 0.581. The highest BCUT2D eigenvalue weighted by atomic mass is 15.2. The second kappa shape index (κ2) is 6.36. The second-order valence-electron chi connectivity index (χ2n) is 8.03. The first-order valence-corrected chi connectivity index (χ1v) is 9.18. The van der Waals surface area contributed by atoms with E-state index < -0.39 is 0 Å². The summed E-state index contributed by atoms with van der Waals surface area (Å²) in [6, 6.07) is 1.75. The van der Waals surface area contributed by atoms with Crippen molar-refractivity contribution in [2.45, 2.75) is 83.7 Å². The van der Waals surface area contributed by atoms with Crippen LogP contribution in [0.1, 0.15) is 71.6 Å². The van der Waals surface area contributed by atoms with Crippen LogP contribution in [-0.2, 0) is 0 Å². The Balaban J connectivity index is 1.63. The Morgan fingerprint density at radius 2 is 2.00 bits per heavy atom. The van der Waals surface area contributed by atoms with Crippen LogP contribution in [-0.4, -0.2) is 36.6 Å². The van der Waals surface area contributed by atoms with Crippen molar-refractivity contribution < 1.29 is 0 Å². The Kier molecular flexibility index (Phi) is 4.72. The molecule has 3 aliphatic rings. The summed E-state index contributed by atoms with van der Waals surface area (Å²) in [4.78, 5) is 2.84. The van der Waals surface area contributed by atoms with Gasteiger partial charge in [0.2, 0.25) is 0 Å². The molecule has 3 fully saturated rings. The molecule has 0 spiro atoms. The summed E-state index contributed by atoms with van der Waals surface area (Å²) in [6.45, 7) is 8.87. The monoisotopic (exact) mass is 278 g/mol. The van der Waals surface area contributed by atoms with E-state index in [1.54, 1.807) is 0 Å². The van der Waals surface area contributed by atoms with Gasteiger partial charge in [-0.05, 0) is 62.8 Å². The summed E-state index contributed by atoms with van der Waals surface area (Å²) in [5, 5.41) is 3.87. The Morgan fingerprint density at radius 1 is 1.15 bits per heavy atom. The van der Waals surface area contributed by atoms with Gasteiger partial charge in [0.25, 0.3) is 0 Å². The van der Waals surface area contributed by atoms with Crippen LogP contribution in [0.5, 0.6) is 0 Å². The summed E-state index contributed by atoms with van der Waals surface area (Å²) in [5.74, 6) is 0.937. The molecule has 2 saturated carbocycles. The Morgan fingerprint density at radius 3 is 2.70 bits per heavy atom. The fourth-order valence-electron chi connectivity index (χ4n) is 4.77. The molecule has 0 radical (unpaired) electrons. The lowest BCUT2D eigenvalue weighted by Crippen LogP contribution is -2.48. The van der Waals surface area contributed by atoms with Crippen LogP contribution >= 0.6 is 0 Å². The minimum atomic E-state index is 0.581. The van der Waals surface area contributed by atoms with Gasteiger partial charge in [-0.1, -0.05) is 26.7 Å². The van der Waals surface area contributed by atoms with Crippen molar-refractivity contribution in [1.29, 1.82) is 0 Å². The van der Waals surface area contributed by atoms with Gasteiger partial charge >= 0.3 is 0 Å². The van der Waals surface area contributed by atoms with Crippen molar-refractivity contribution in [3.8, 4) is 0 Å². The summed E-state index contributed by atoms with van der Waals surface area (Å²) < 4.78 is 0. The van der Waals surface area contributed by atoms with Crippen molar-refractivity contribution >= 4 is 0 Å². The molecular weight excluding hydrogens is 244 g/mol. The highest BCUT2D eigenvalue weighted by molar-refractivity contribution is 4.94. The van der Waals surface area contributed by atoms with Gasteiger partial charge in [0.15, 0.2) is 0 Å². The predicted octanol–water partition coefficient (Wildman–Crippen LogP) is 3.81. The van der Waals surface area contributed by atoms with E-state index in [1.165, 1.54) is 77.4 Å². The second-order valence-corrected chi connectivity index (χ2v) is 8.03. The van der Waals surface area contributed by atoms with E-state index in [0.29, 0.717) is 5.41 Å². The lowest BCUT2D eigenvalue weighted by Gasteiger charge is -2.44. The number of likely N-dealkylation sites (tertiary alicyclic amines) is 1. The molecule has 3 unspecified atom stereocenters. The molecule has 116 valence electrons. The molecule has 2 aliphatic carbocycles. The summed E-state index contributed by atoms with van der Waals surface area (Å²) >= 11 is 0. The van der Waals surface area contributed by atoms with Gasteiger partial charge in [0.1, 0.15) is 0 Å². The maximum absolute atomic E-state index is 3.87. The maximum atomic E-state index is 3.87. The molecule has 3 rings (SSSR count). The molecule has 3 atom stereocenters. The molecule has 0 aromatic carbocycles. The first-order valence-electron chi connectivity index (χ1n) is 9.18. The molecule has 0 aromatic heterocycles. The molecule has 0 amide bonds. The van der Waals surface area contributed by atoms with E-state index in [-0.39, 0.29) is 0 Å².